The van der Waals surface area contributed by atoms with Gasteiger partial charge in [-0.3, -0.25) is 9.59 Å². The number of methoxy groups -OCH3 is 2. The van der Waals surface area contributed by atoms with Crippen molar-refractivity contribution < 1.29 is 42.7 Å². The lowest BCUT2D eigenvalue weighted by molar-refractivity contribution is -0.178. The molecule has 0 spiro atoms. The van der Waals surface area contributed by atoms with E-state index in [2.05, 4.69) is 4.74 Å². The molecular weight excluding hydrogens is 360 g/mol. The SMILES string of the molecule is COCC1COC(C)(CCC(=O)OCC2COC(C)(CCC(=O)OC)O2)O1. The maximum Gasteiger partial charge on any atom is 0.306 e. The van der Waals surface area contributed by atoms with E-state index >= 15 is 0 Å². The van der Waals surface area contributed by atoms with Crippen LogP contribution in [-0.2, 0) is 42.7 Å². The van der Waals surface area contributed by atoms with E-state index in [1.165, 1.54) is 7.11 Å². The van der Waals surface area contributed by atoms with Crippen molar-refractivity contribution in [1.29, 1.82) is 0 Å². The first-order valence-corrected chi connectivity index (χ1v) is 9.12. The Hall–Kier alpha value is -1.26. The number of carbonyl (C=O) groups is 2. The quantitative estimate of drug-likeness (QED) is 0.509. The first-order chi connectivity index (χ1) is 12.8. The minimum atomic E-state index is -0.874. The van der Waals surface area contributed by atoms with Crippen LogP contribution in [0.2, 0.25) is 0 Å². The molecule has 4 unspecified atom stereocenters. The minimum Gasteiger partial charge on any atom is -0.469 e. The molecule has 0 radical (unpaired) electrons. The van der Waals surface area contributed by atoms with Crippen LogP contribution >= 0.6 is 0 Å². The first kappa shape index (κ1) is 22.0. The summed E-state index contributed by atoms with van der Waals surface area (Å²) in [6.45, 7) is 4.84. The number of hydrogen-bond donors (Lipinski definition) is 0. The summed E-state index contributed by atoms with van der Waals surface area (Å²) in [5.41, 5.74) is 0. The van der Waals surface area contributed by atoms with Crippen LogP contribution in [0, 0.1) is 0 Å². The van der Waals surface area contributed by atoms with E-state index in [0.29, 0.717) is 32.7 Å². The van der Waals surface area contributed by atoms with Crippen molar-refractivity contribution in [2.75, 3.05) is 40.6 Å². The highest BCUT2D eigenvalue weighted by Crippen LogP contribution is 2.30. The molecule has 0 aromatic rings. The number of carbonyl (C=O) groups excluding carboxylic acids is 2. The van der Waals surface area contributed by atoms with Gasteiger partial charge in [0, 0.05) is 20.0 Å². The van der Waals surface area contributed by atoms with Gasteiger partial charge in [-0.15, -0.1) is 0 Å². The van der Waals surface area contributed by atoms with Crippen LogP contribution in [0.15, 0.2) is 0 Å². The Balaban J connectivity index is 1.64. The number of rotatable bonds is 10. The lowest BCUT2D eigenvalue weighted by atomic mass is 10.1. The van der Waals surface area contributed by atoms with Crippen molar-refractivity contribution in [1.82, 2.24) is 0 Å². The Kier molecular flexibility index (Phi) is 7.99. The van der Waals surface area contributed by atoms with Crippen LogP contribution in [0.25, 0.3) is 0 Å². The predicted molar refractivity (Wildman–Crippen MR) is 91.8 cm³/mol. The van der Waals surface area contributed by atoms with Gasteiger partial charge in [0.15, 0.2) is 11.6 Å². The van der Waals surface area contributed by atoms with Crippen LogP contribution in [-0.4, -0.2) is 76.4 Å². The van der Waals surface area contributed by atoms with E-state index < -0.39 is 11.6 Å². The molecule has 0 aromatic heterocycles. The summed E-state index contributed by atoms with van der Waals surface area (Å²) in [5, 5.41) is 0. The molecule has 2 aliphatic heterocycles. The summed E-state index contributed by atoms with van der Waals surface area (Å²) in [7, 11) is 2.94. The highest BCUT2D eigenvalue weighted by Gasteiger charge is 2.39. The maximum absolute atomic E-state index is 12.0. The zero-order valence-electron chi connectivity index (χ0n) is 16.5. The van der Waals surface area contributed by atoms with Gasteiger partial charge < -0.3 is 33.2 Å². The molecule has 0 bridgehead atoms. The van der Waals surface area contributed by atoms with E-state index in [9.17, 15) is 9.59 Å². The summed E-state index contributed by atoms with van der Waals surface area (Å²) < 4.78 is 37.7. The number of hydrogen-bond acceptors (Lipinski definition) is 9. The molecule has 2 fully saturated rings. The normalized spacial score (nSPS) is 33.2. The second kappa shape index (κ2) is 9.79. The van der Waals surface area contributed by atoms with Crippen molar-refractivity contribution in [2.45, 2.75) is 63.3 Å². The van der Waals surface area contributed by atoms with E-state index in [-0.39, 0.29) is 43.6 Å². The Bertz CT molecular complexity index is 511. The van der Waals surface area contributed by atoms with Crippen molar-refractivity contribution >= 4 is 11.9 Å². The summed E-state index contributed by atoms with van der Waals surface area (Å²) in [6.07, 6.45) is 0.649. The maximum atomic E-state index is 12.0. The molecule has 0 N–H and O–H groups in total. The Morgan fingerprint density at radius 2 is 1.41 bits per heavy atom. The van der Waals surface area contributed by atoms with E-state index in [1.807, 2.05) is 0 Å². The third kappa shape index (κ3) is 7.00. The van der Waals surface area contributed by atoms with Gasteiger partial charge in [-0.2, -0.15) is 0 Å². The topological polar surface area (TPSA) is 98.8 Å². The largest absolute Gasteiger partial charge is 0.469 e. The lowest BCUT2D eigenvalue weighted by Gasteiger charge is -2.23. The van der Waals surface area contributed by atoms with Gasteiger partial charge in [0.1, 0.15) is 18.8 Å². The van der Waals surface area contributed by atoms with Crippen molar-refractivity contribution in [2.24, 2.45) is 0 Å². The molecule has 27 heavy (non-hydrogen) atoms. The molecule has 0 saturated carbocycles. The smallest absolute Gasteiger partial charge is 0.306 e. The molecule has 2 rings (SSSR count). The fraction of sp³-hybridized carbons (Fsp3) is 0.889. The standard InChI is InChI=1S/C18H30O9/c1-17(7-5-15(19)22-4)25-12-14(27-17)10-23-16(20)6-8-18(2)24-11-13(26-18)9-21-3/h13-14H,5-12H2,1-4H3. The molecule has 0 aromatic carbocycles. The van der Waals surface area contributed by atoms with Crippen LogP contribution in [0.3, 0.4) is 0 Å². The molecule has 4 atom stereocenters. The van der Waals surface area contributed by atoms with Gasteiger partial charge in [0.25, 0.3) is 0 Å². The van der Waals surface area contributed by atoms with Crippen LogP contribution in [0.5, 0.6) is 0 Å². The fourth-order valence-corrected chi connectivity index (χ4v) is 3.01. The molecule has 9 nitrogen and oxygen atoms in total. The summed E-state index contributed by atoms with van der Waals surface area (Å²) in [5.74, 6) is -2.36. The van der Waals surface area contributed by atoms with Crippen LogP contribution in [0.4, 0.5) is 0 Å². The van der Waals surface area contributed by atoms with E-state index in [0.717, 1.165) is 0 Å². The highest BCUT2D eigenvalue weighted by molar-refractivity contribution is 5.69. The third-order valence-corrected chi connectivity index (χ3v) is 4.56. The molecule has 2 saturated heterocycles. The van der Waals surface area contributed by atoms with Gasteiger partial charge >= 0.3 is 11.9 Å². The second-order valence-electron chi connectivity index (χ2n) is 7.08. The van der Waals surface area contributed by atoms with Crippen molar-refractivity contribution in [3.63, 3.8) is 0 Å². The molecule has 2 heterocycles. The fourth-order valence-electron chi connectivity index (χ4n) is 3.01. The average molecular weight is 390 g/mol. The average Bonchev–Trinajstić information content (AvgIpc) is 3.20. The first-order valence-electron chi connectivity index (χ1n) is 9.12. The van der Waals surface area contributed by atoms with Crippen molar-refractivity contribution in [3.8, 4) is 0 Å². The van der Waals surface area contributed by atoms with Gasteiger partial charge in [0.2, 0.25) is 0 Å². The van der Waals surface area contributed by atoms with Crippen LogP contribution in [0.1, 0.15) is 39.5 Å². The predicted octanol–water partition coefficient (Wildman–Crippen LogP) is 1.17. The Labute approximate surface area is 159 Å². The van der Waals surface area contributed by atoms with Gasteiger partial charge in [-0.05, 0) is 13.8 Å². The van der Waals surface area contributed by atoms with Gasteiger partial charge in [-0.25, -0.2) is 0 Å². The molecule has 0 amide bonds. The Morgan fingerprint density at radius 1 is 0.889 bits per heavy atom. The van der Waals surface area contributed by atoms with Gasteiger partial charge in [-0.1, -0.05) is 0 Å². The molecule has 156 valence electrons. The number of esters is 2. The van der Waals surface area contributed by atoms with Gasteiger partial charge in [0.05, 0.1) is 39.8 Å². The molecule has 2 aliphatic rings. The zero-order chi connectivity index (χ0) is 19.9. The minimum absolute atomic E-state index is 0.0946. The summed E-state index contributed by atoms with van der Waals surface area (Å²) in [6, 6.07) is 0. The van der Waals surface area contributed by atoms with Crippen molar-refractivity contribution in [3.05, 3.63) is 0 Å². The van der Waals surface area contributed by atoms with E-state index in [4.69, 9.17) is 28.4 Å². The van der Waals surface area contributed by atoms with E-state index in [1.54, 1.807) is 21.0 Å². The Morgan fingerprint density at radius 3 is 1.93 bits per heavy atom. The highest BCUT2D eigenvalue weighted by atomic mass is 16.8. The molecule has 9 heteroatoms. The zero-order valence-corrected chi connectivity index (χ0v) is 16.5. The molecular formula is C18H30O9. The monoisotopic (exact) mass is 390 g/mol. The lowest BCUT2D eigenvalue weighted by Crippen LogP contribution is -2.30. The summed E-state index contributed by atoms with van der Waals surface area (Å²) in [4.78, 5) is 23.2. The second-order valence-corrected chi connectivity index (χ2v) is 7.08. The summed E-state index contributed by atoms with van der Waals surface area (Å²) >= 11 is 0. The third-order valence-electron chi connectivity index (χ3n) is 4.56. The van der Waals surface area contributed by atoms with Crippen LogP contribution < -0.4 is 0 Å². The number of ether oxygens (including phenoxy) is 7. The molecule has 0 aliphatic carbocycles.